The molecule has 5 unspecified atom stereocenters. The van der Waals surface area contributed by atoms with Crippen molar-refractivity contribution in [2.45, 2.75) is 32.2 Å². The predicted octanol–water partition coefficient (Wildman–Crippen LogP) is 3.64. The van der Waals surface area contributed by atoms with E-state index in [1.165, 1.54) is 24.8 Å². The van der Waals surface area contributed by atoms with Crippen LogP contribution in [0, 0.1) is 29.6 Å². The summed E-state index contributed by atoms with van der Waals surface area (Å²) in [4.78, 5) is 0. The van der Waals surface area contributed by atoms with E-state index in [0.29, 0.717) is 6.04 Å². The maximum Gasteiger partial charge on any atom is 0.119 e. The van der Waals surface area contributed by atoms with Crippen LogP contribution in [0.5, 0.6) is 5.75 Å². The van der Waals surface area contributed by atoms with Crippen molar-refractivity contribution in [2.75, 3.05) is 13.7 Å². The van der Waals surface area contributed by atoms with Crippen LogP contribution in [-0.4, -0.2) is 13.7 Å². The molecule has 0 radical (unpaired) electrons. The normalized spacial score (nSPS) is 38.6. The fourth-order valence-corrected chi connectivity index (χ4v) is 5.37. The van der Waals surface area contributed by atoms with Gasteiger partial charge in [-0.1, -0.05) is 19.1 Å². The number of nitrogens with one attached hydrogen (secondary N) is 1. The van der Waals surface area contributed by atoms with E-state index >= 15 is 0 Å². The standard InChI is InChI=1S/C18H25NO/c1-3-19-18(13-5-4-6-14(10-13)20-2)17-15-11-7-8-12(9-11)16(15)17/h4-6,10-12,15-19H,3,7-9H2,1-2H3. The van der Waals surface area contributed by atoms with E-state index in [2.05, 4.69) is 30.4 Å². The zero-order valence-electron chi connectivity index (χ0n) is 12.5. The first-order chi connectivity index (χ1) is 9.83. The molecule has 3 saturated carbocycles. The van der Waals surface area contributed by atoms with Crippen LogP contribution >= 0.6 is 0 Å². The van der Waals surface area contributed by atoms with Gasteiger partial charge in [-0.3, -0.25) is 0 Å². The Bertz CT molecular complexity index is 484. The Morgan fingerprint density at radius 3 is 2.65 bits per heavy atom. The highest BCUT2D eigenvalue weighted by atomic mass is 16.5. The van der Waals surface area contributed by atoms with E-state index in [-0.39, 0.29) is 0 Å². The van der Waals surface area contributed by atoms with Crippen molar-refractivity contribution in [1.29, 1.82) is 0 Å². The molecule has 1 aromatic carbocycles. The number of hydrogen-bond donors (Lipinski definition) is 1. The van der Waals surface area contributed by atoms with Crippen molar-refractivity contribution in [2.24, 2.45) is 29.6 Å². The van der Waals surface area contributed by atoms with Gasteiger partial charge >= 0.3 is 0 Å². The van der Waals surface area contributed by atoms with Crippen LogP contribution in [0.3, 0.4) is 0 Å². The van der Waals surface area contributed by atoms with Gasteiger partial charge in [0.2, 0.25) is 0 Å². The van der Waals surface area contributed by atoms with Gasteiger partial charge in [0, 0.05) is 6.04 Å². The molecule has 2 heteroatoms. The zero-order valence-corrected chi connectivity index (χ0v) is 12.5. The molecule has 0 aromatic heterocycles. The summed E-state index contributed by atoms with van der Waals surface area (Å²) in [7, 11) is 1.76. The van der Waals surface area contributed by atoms with Crippen LogP contribution in [0.1, 0.15) is 37.8 Å². The number of fused-ring (bicyclic) bond motifs is 5. The lowest BCUT2D eigenvalue weighted by Gasteiger charge is -2.22. The van der Waals surface area contributed by atoms with Crippen molar-refractivity contribution in [3.63, 3.8) is 0 Å². The lowest BCUT2D eigenvalue weighted by atomic mass is 9.93. The van der Waals surface area contributed by atoms with Gasteiger partial charge in [-0.05, 0) is 73.1 Å². The molecule has 0 aliphatic heterocycles. The largest absolute Gasteiger partial charge is 0.497 e. The van der Waals surface area contributed by atoms with Crippen molar-refractivity contribution in [1.82, 2.24) is 5.32 Å². The van der Waals surface area contributed by atoms with Crippen molar-refractivity contribution >= 4 is 0 Å². The highest BCUT2D eigenvalue weighted by Crippen LogP contribution is 2.72. The molecular weight excluding hydrogens is 246 g/mol. The molecule has 2 bridgehead atoms. The van der Waals surface area contributed by atoms with E-state index in [9.17, 15) is 0 Å². The second-order valence-electron chi connectivity index (χ2n) is 6.88. The van der Waals surface area contributed by atoms with Crippen LogP contribution < -0.4 is 10.1 Å². The minimum Gasteiger partial charge on any atom is -0.497 e. The van der Waals surface area contributed by atoms with Gasteiger partial charge in [-0.15, -0.1) is 0 Å². The molecule has 1 N–H and O–H groups in total. The zero-order chi connectivity index (χ0) is 13.7. The summed E-state index contributed by atoms with van der Waals surface area (Å²) in [5.41, 5.74) is 1.42. The van der Waals surface area contributed by atoms with E-state index < -0.39 is 0 Å². The summed E-state index contributed by atoms with van der Waals surface area (Å²) in [6.07, 6.45) is 4.53. The molecule has 0 amide bonds. The number of ether oxygens (including phenoxy) is 1. The lowest BCUT2D eigenvalue weighted by molar-refractivity contribution is 0.372. The summed E-state index contributed by atoms with van der Waals surface area (Å²) < 4.78 is 5.40. The average Bonchev–Trinajstić information content (AvgIpc) is 2.90. The summed E-state index contributed by atoms with van der Waals surface area (Å²) in [6.45, 7) is 3.27. The molecule has 1 aromatic rings. The minimum atomic E-state index is 0.536. The third-order valence-corrected chi connectivity index (χ3v) is 6.06. The van der Waals surface area contributed by atoms with Crippen molar-refractivity contribution in [3.8, 4) is 5.75 Å². The van der Waals surface area contributed by atoms with Crippen LogP contribution in [0.25, 0.3) is 0 Å². The summed E-state index contributed by atoms with van der Waals surface area (Å²) in [5.74, 6) is 5.99. The molecule has 0 heterocycles. The summed E-state index contributed by atoms with van der Waals surface area (Å²) >= 11 is 0. The topological polar surface area (TPSA) is 21.3 Å². The first-order valence-electron chi connectivity index (χ1n) is 8.20. The first kappa shape index (κ1) is 12.7. The Morgan fingerprint density at radius 2 is 2.00 bits per heavy atom. The highest BCUT2D eigenvalue weighted by Gasteiger charge is 2.66. The fourth-order valence-electron chi connectivity index (χ4n) is 5.37. The van der Waals surface area contributed by atoms with Crippen LogP contribution in [0.15, 0.2) is 24.3 Å². The molecular formula is C18H25NO. The third-order valence-electron chi connectivity index (χ3n) is 6.06. The van der Waals surface area contributed by atoms with E-state index in [1.54, 1.807) is 7.11 Å². The van der Waals surface area contributed by atoms with Gasteiger partial charge in [0.25, 0.3) is 0 Å². The molecule has 5 atom stereocenters. The summed E-state index contributed by atoms with van der Waals surface area (Å²) in [5, 5.41) is 3.75. The predicted molar refractivity (Wildman–Crippen MR) is 80.7 cm³/mol. The van der Waals surface area contributed by atoms with Crippen molar-refractivity contribution < 1.29 is 4.74 Å². The van der Waals surface area contributed by atoms with Crippen LogP contribution in [0.4, 0.5) is 0 Å². The Labute approximate surface area is 121 Å². The number of hydrogen-bond acceptors (Lipinski definition) is 2. The van der Waals surface area contributed by atoms with Gasteiger partial charge in [0.1, 0.15) is 5.75 Å². The maximum absolute atomic E-state index is 5.40. The minimum absolute atomic E-state index is 0.536. The number of benzene rings is 1. The molecule has 3 fully saturated rings. The Hall–Kier alpha value is -1.02. The molecule has 4 rings (SSSR count). The highest BCUT2D eigenvalue weighted by molar-refractivity contribution is 5.33. The van der Waals surface area contributed by atoms with Crippen LogP contribution in [-0.2, 0) is 0 Å². The van der Waals surface area contributed by atoms with E-state index in [4.69, 9.17) is 4.74 Å². The Kier molecular flexibility index (Phi) is 3.03. The lowest BCUT2D eigenvalue weighted by Crippen LogP contribution is -2.25. The second kappa shape index (κ2) is 4.77. The molecule has 3 aliphatic rings. The molecule has 0 spiro atoms. The quantitative estimate of drug-likeness (QED) is 0.883. The second-order valence-corrected chi connectivity index (χ2v) is 6.88. The molecule has 0 saturated heterocycles. The average molecular weight is 271 g/mol. The van der Waals surface area contributed by atoms with Gasteiger partial charge < -0.3 is 10.1 Å². The monoisotopic (exact) mass is 271 g/mol. The number of rotatable bonds is 5. The van der Waals surface area contributed by atoms with Gasteiger partial charge in [-0.25, -0.2) is 0 Å². The fraction of sp³-hybridized carbons (Fsp3) is 0.667. The molecule has 20 heavy (non-hydrogen) atoms. The molecule has 108 valence electrons. The van der Waals surface area contributed by atoms with Gasteiger partial charge in [0.15, 0.2) is 0 Å². The van der Waals surface area contributed by atoms with Crippen LogP contribution in [0.2, 0.25) is 0 Å². The maximum atomic E-state index is 5.40. The van der Waals surface area contributed by atoms with Gasteiger partial charge in [-0.2, -0.15) is 0 Å². The Balaban J connectivity index is 1.59. The smallest absolute Gasteiger partial charge is 0.119 e. The molecule has 3 aliphatic carbocycles. The van der Waals surface area contributed by atoms with Crippen molar-refractivity contribution in [3.05, 3.63) is 29.8 Å². The third kappa shape index (κ3) is 1.81. The van der Waals surface area contributed by atoms with E-state index in [1.807, 2.05) is 6.07 Å². The molecule has 2 nitrogen and oxygen atoms in total. The number of methoxy groups -OCH3 is 1. The van der Waals surface area contributed by atoms with E-state index in [0.717, 1.165) is 41.9 Å². The Morgan fingerprint density at radius 1 is 1.25 bits per heavy atom. The summed E-state index contributed by atoms with van der Waals surface area (Å²) in [6, 6.07) is 9.21. The SMILES string of the molecule is CCNC(c1cccc(OC)c1)C1C2C3CCC(C3)C21. The first-order valence-corrected chi connectivity index (χ1v) is 8.20. The van der Waals surface area contributed by atoms with Gasteiger partial charge in [0.05, 0.1) is 7.11 Å².